The number of rotatable bonds is 31. The molecule has 3 atom stereocenters. The van der Waals surface area contributed by atoms with Crippen LogP contribution in [0.3, 0.4) is 0 Å². The quantitative estimate of drug-likeness (QED) is 0.0215. The third-order valence-corrected chi connectivity index (χ3v) is 15.2. The van der Waals surface area contributed by atoms with Gasteiger partial charge in [0.25, 0.3) is 5.92 Å². The Balaban J connectivity index is 1.52. The molecular formula is C59H48F32N4O10. The lowest BCUT2D eigenvalue weighted by molar-refractivity contribution is -0.397. The van der Waals surface area contributed by atoms with Gasteiger partial charge in [0.15, 0.2) is 5.67 Å². The summed E-state index contributed by atoms with van der Waals surface area (Å²) in [5, 5.41) is 8.34. The zero-order valence-electron chi connectivity index (χ0n) is 52.6. The number of amides is 4. The molecule has 4 N–H and O–H groups in total. The second kappa shape index (κ2) is 30.5. The van der Waals surface area contributed by atoms with Gasteiger partial charge < -0.3 is 40.2 Å². The van der Waals surface area contributed by atoms with Crippen molar-refractivity contribution in [2.45, 2.75) is 155 Å². The maximum absolute atomic E-state index is 15.6. The van der Waals surface area contributed by atoms with E-state index in [2.05, 4.69) is 30.2 Å². The lowest BCUT2D eigenvalue weighted by Crippen LogP contribution is -2.63. The minimum absolute atomic E-state index is 0.0234. The van der Waals surface area contributed by atoms with Crippen LogP contribution in [0.15, 0.2) is 84.9 Å². The SMILES string of the molecule is CC(F)(F)C(C)(F)C(C)(F)C(C)(F)CCOC(=O)c1cc(NC(=O)Nc2ccc(Cc3ccc(NC(=O)Nc4cc(C(=O)OCCC(F)(F)C(F)(F)C(F)(F)C(F)(F)F)cc(C(=O)OCCC(F)(F)C(F)(F)C(F)(F)C(F)(F)F)c4)cc3)cc2)cc(C(=O)OCCC(F)(F)C(F)(F)C(F)(F)C(F)(F)F)c1. The molecule has 0 aliphatic rings. The van der Waals surface area contributed by atoms with Gasteiger partial charge in [-0.3, -0.25) is 0 Å². The molecule has 3 unspecified atom stereocenters. The Morgan fingerprint density at radius 1 is 0.295 bits per heavy atom. The first kappa shape index (κ1) is 88.5. The molecule has 0 heterocycles. The summed E-state index contributed by atoms with van der Waals surface area (Å²) >= 11 is 0. The Hall–Kier alpha value is -8.94. The maximum atomic E-state index is 15.6. The summed E-state index contributed by atoms with van der Waals surface area (Å²) in [5.41, 5.74) is -17.4. The Kier molecular flexibility index (Phi) is 25.7. The van der Waals surface area contributed by atoms with E-state index < -0.39 is 216 Å². The second-order valence-corrected chi connectivity index (χ2v) is 23.0. The monoisotopic (exact) mass is 1580 g/mol. The molecule has 105 heavy (non-hydrogen) atoms. The second-order valence-electron chi connectivity index (χ2n) is 23.0. The molecule has 0 saturated carbocycles. The van der Waals surface area contributed by atoms with Gasteiger partial charge in [-0.05, 0) is 99.0 Å². The van der Waals surface area contributed by atoms with E-state index in [9.17, 15) is 160 Å². The van der Waals surface area contributed by atoms with E-state index >= 15 is 8.78 Å². The fourth-order valence-electron chi connectivity index (χ4n) is 8.42. The molecule has 0 spiro atoms. The number of ether oxygens (including phenoxy) is 4. The molecule has 0 radical (unpaired) electrons. The minimum Gasteiger partial charge on any atom is -0.462 e. The number of esters is 4. The van der Waals surface area contributed by atoms with Crippen LogP contribution in [0.2, 0.25) is 0 Å². The van der Waals surface area contributed by atoms with E-state index in [4.69, 9.17) is 4.74 Å². The fourth-order valence-corrected chi connectivity index (χ4v) is 8.42. The van der Waals surface area contributed by atoms with Crippen molar-refractivity contribution in [3.05, 3.63) is 118 Å². The molecule has 4 rings (SSSR count). The Labute approximate surface area is 566 Å². The highest BCUT2D eigenvalue weighted by Crippen LogP contribution is 2.57. The van der Waals surface area contributed by atoms with E-state index in [1.165, 1.54) is 36.4 Å². The van der Waals surface area contributed by atoms with Gasteiger partial charge in [-0.1, -0.05) is 24.3 Å². The van der Waals surface area contributed by atoms with E-state index in [-0.39, 0.29) is 44.6 Å². The van der Waals surface area contributed by atoms with Gasteiger partial charge in [0.1, 0.15) is 5.67 Å². The molecular weight excluding hydrogens is 1530 g/mol. The molecule has 14 nitrogen and oxygen atoms in total. The number of carbonyl (C=O) groups is 6. The highest BCUT2D eigenvalue weighted by molar-refractivity contribution is 6.04. The number of halogens is 32. The largest absolute Gasteiger partial charge is 0.462 e. The molecule has 46 heteroatoms. The fraction of sp³-hybridized carbons (Fsp3) is 0.492. The summed E-state index contributed by atoms with van der Waals surface area (Å²) < 4.78 is 453. The number of anilines is 4. The van der Waals surface area contributed by atoms with Crippen molar-refractivity contribution in [2.75, 3.05) is 47.7 Å². The molecule has 0 aliphatic carbocycles. The summed E-state index contributed by atoms with van der Waals surface area (Å²) in [6.45, 7) is -7.26. The van der Waals surface area contributed by atoms with Crippen LogP contribution in [0.5, 0.6) is 0 Å². The molecule has 0 fully saturated rings. The topological polar surface area (TPSA) is 187 Å². The average molecular weight is 1580 g/mol. The number of nitrogens with one attached hydrogen (secondary N) is 4. The van der Waals surface area contributed by atoms with Crippen LogP contribution < -0.4 is 21.3 Å². The number of benzene rings is 4. The van der Waals surface area contributed by atoms with E-state index in [0.717, 1.165) is 12.1 Å². The summed E-state index contributed by atoms with van der Waals surface area (Å²) in [6, 6.07) is 9.86. The van der Waals surface area contributed by atoms with Crippen molar-refractivity contribution >= 4 is 58.7 Å². The first-order chi connectivity index (χ1) is 47.1. The zero-order chi connectivity index (χ0) is 81.2. The van der Waals surface area contributed by atoms with Crippen LogP contribution in [0.1, 0.15) is 106 Å². The van der Waals surface area contributed by atoms with Crippen LogP contribution in [-0.4, -0.2) is 157 Å². The van der Waals surface area contributed by atoms with E-state index in [0.29, 0.717) is 48.4 Å². The predicted molar refractivity (Wildman–Crippen MR) is 295 cm³/mol. The van der Waals surface area contributed by atoms with Gasteiger partial charge in [0.05, 0.1) is 67.9 Å². The van der Waals surface area contributed by atoms with Crippen molar-refractivity contribution in [3.8, 4) is 0 Å². The summed E-state index contributed by atoms with van der Waals surface area (Å²) in [4.78, 5) is 78.1. The van der Waals surface area contributed by atoms with Gasteiger partial charge in [-0.2, -0.15) is 119 Å². The van der Waals surface area contributed by atoms with Crippen molar-refractivity contribution in [1.82, 2.24) is 0 Å². The van der Waals surface area contributed by atoms with Crippen LogP contribution in [0.4, 0.5) is 173 Å². The lowest BCUT2D eigenvalue weighted by Gasteiger charge is -2.44. The standard InChI is InChI=1S/C59H48F32N4O10/c1-44(60,45(2,61)46(3,62)47(4,63)64)13-17-102-38(96)30-22-31(39(97)103-18-14-48(65,66)51(71,72)54(77,78)57(83,84)85)25-36(24-30)94-42(100)92-34-9-5-28(6-10-34)21-29-7-11-35(12-8-29)93-43(101)95-37-26-32(40(98)104-19-15-49(67,68)52(73,74)55(79,80)58(86,87)88)23-33(27-37)41(99)105-20-16-50(69,70)53(75,76)56(81,82)59(89,90)91/h5-12,22-27H,13-21H2,1-4H3,(H2,92,94,100)(H2,93,95,101). The average Bonchev–Trinajstić information content (AvgIpc) is 0.763. The highest BCUT2D eigenvalue weighted by atomic mass is 19.5. The van der Waals surface area contributed by atoms with Gasteiger partial charge in [0.2, 0.25) is 5.67 Å². The number of hydrogen-bond donors (Lipinski definition) is 4. The molecule has 0 aliphatic heterocycles. The Bertz CT molecular complexity index is 3360. The summed E-state index contributed by atoms with van der Waals surface area (Å²) in [7, 11) is 0. The number of carbonyl (C=O) groups excluding carboxylic acids is 6. The summed E-state index contributed by atoms with van der Waals surface area (Å²) in [5.74, 6) is -75.0. The Morgan fingerprint density at radius 3 is 0.752 bits per heavy atom. The molecule has 0 saturated heterocycles. The Morgan fingerprint density at radius 2 is 0.524 bits per heavy atom. The lowest BCUT2D eigenvalue weighted by atomic mass is 9.73. The molecule has 4 aromatic rings. The minimum atomic E-state index is -7.40. The van der Waals surface area contributed by atoms with Crippen molar-refractivity contribution in [3.63, 3.8) is 0 Å². The first-order valence-corrected chi connectivity index (χ1v) is 28.5. The maximum Gasteiger partial charge on any atom is 0.460 e. The number of hydrogen-bond acceptors (Lipinski definition) is 10. The molecule has 0 aromatic heterocycles. The normalized spacial score (nSPS) is 15.3. The van der Waals surface area contributed by atoms with Crippen LogP contribution >= 0.6 is 0 Å². The molecule has 0 bridgehead atoms. The number of urea groups is 2. The van der Waals surface area contributed by atoms with Crippen molar-refractivity contribution in [1.29, 1.82) is 0 Å². The smallest absolute Gasteiger partial charge is 0.460 e. The van der Waals surface area contributed by atoms with Crippen molar-refractivity contribution < 1.29 is 188 Å². The van der Waals surface area contributed by atoms with Gasteiger partial charge >= 0.3 is 108 Å². The molecule has 588 valence electrons. The number of alkyl halides is 32. The van der Waals surface area contributed by atoms with Crippen LogP contribution in [-0.2, 0) is 25.4 Å². The predicted octanol–water partition coefficient (Wildman–Crippen LogP) is 19.0. The van der Waals surface area contributed by atoms with Crippen LogP contribution in [0.25, 0.3) is 0 Å². The van der Waals surface area contributed by atoms with Gasteiger partial charge in [-0.15, -0.1) is 0 Å². The molecule has 4 amide bonds. The highest BCUT2D eigenvalue weighted by Gasteiger charge is 2.84. The van der Waals surface area contributed by atoms with E-state index in [1.807, 2.05) is 5.32 Å². The van der Waals surface area contributed by atoms with Gasteiger partial charge in [0, 0.05) is 36.1 Å². The zero-order valence-corrected chi connectivity index (χ0v) is 52.6. The molecule has 4 aromatic carbocycles. The van der Waals surface area contributed by atoms with Gasteiger partial charge in [-0.25, -0.2) is 50.7 Å². The van der Waals surface area contributed by atoms with E-state index in [1.54, 1.807) is 0 Å². The first-order valence-electron chi connectivity index (χ1n) is 28.5. The van der Waals surface area contributed by atoms with Crippen LogP contribution in [0, 0.1) is 0 Å². The van der Waals surface area contributed by atoms with Crippen molar-refractivity contribution in [2.24, 2.45) is 0 Å². The summed E-state index contributed by atoms with van der Waals surface area (Å²) in [6.07, 6.45) is -31.5. The third-order valence-electron chi connectivity index (χ3n) is 15.2. The third kappa shape index (κ3) is 19.2.